The third kappa shape index (κ3) is 5.82. The number of rotatable bonds is 8. The molecule has 0 bridgehead atoms. The first-order valence-corrected chi connectivity index (χ1v) is 15.5. The molecule has 0 aliphatic carbocycles. The van der Waals surface area contributed by atoms with Crippen LogP contribution in [0.15, 0.2) is 53.6 Å². The number of aromatic nitrogens is 2. The third-order valence-corrected chi connectivity index (χ3v) is 9.23. The predicted molar refractivity (Wildman–Crippen MR) is 142 cm³/mol. The Kier molecular flexibility index (Phi) is 7.87. The van der Waals surface area contributed by atoms with Crippen molar-refractivity contribution in [2.45, 2.75) is 4.90 Å². The minimum absolute atomic E-state index is 0.117. The normalized spacial score (nSPS) is 14.9. The second-order valence-corrected chi connectivity index (χ2v) is 13.9. The van der Waals surface area contributed by atoms with Crippen molar-refractivity contribution in [3.63, 3.8) is 0 Å². The molecule has 10 nitrogen and oxygen atoms in total. The fourth-order valence-electron chi connectivity index (χ4n) is 3.68. The topological polar surface area (TPSA) is 123 Å². The molecule has 2 aromatic carbocycles. The summed E-state index contributed by atoms with van der Waals surface area (Å²) in [4.78, 5) is 8.79. The van der Waals surface area contributed by atoms with Crippen LogP contribution in [0, 0.1) is 0 Å². The number of ether oxygens (including phenoxy) is 2. The van der Waals surface area contributed by atoms with E-state index in [1.165, 1.54) is 29.7 Å². The van der Waals surface area contributed by atoms with Gasteiger partial charge in [-0.05, 0) is 37.6 Å². The third-order valence-electron chi connectivity index (χ3n) is 5.51. The number of anilines is 4. The lowest BCUT2D eigenvalue weighted by atomic mass is 10.3. The Labute approximate surface area is 215 Å². The predicted octanol–water partition coefficient (Wildman–Crippen LogP) is 3.89. The van der Waals surface area contributed by atoms with Gasteiger partial charge in [-0.3, -0.25) is 0 Å². The number of morpholine rings is 1. The highest BCUT2D eigenvalue weighted by Crippen LogP contribution is 2.39. The van der Waals surface area contributed by atoms with Crippen molar-refractivity contribution in [2.75, 3.05) is 57.4 Å². The highest BCUT2D eigenvalue weighted by atomic mass is 35.5. The van der Waals surface area contributed by atoms with Crippen molar-refractivity contribution >= 4 is 57.2 Å². The van der Waals surface area contributed by atoms with E-state index in [9.17, 15) is 13.0 Å². The van der Waals surface area contributed by atoms with Gasteiger partial charge in [-0.15, -0.1) is 0 Å². The van der Waals surface area contributed by atoms with Crippen LogP contribution >= 0.6 is 18.7 Å². The Bertz CT molecular complexity index is 1410. The fraction of sp³-hybridized carbons (Fsp3) is 0.304. The Morgan fingerprint density at radius 3 is 2.50 bits per heavy atom. The van der Waals surface area contributed by atoms with Gasteiger partial charge < -0.3 is 24.7 Å². The molecule has 0 unspecified atom stereocenters. The van der Waals surface area contributed by atoms with Crippen LogP contribution in [-0.2, 0) is 19.3 Å². The van der Waals surface area contributed by atoms with Crippen molar-refractivity contribution in [2.24, 2.45) is 0 Å². The number of hydrogen-bond donors (Lipinski definition) is 2. The van der Waals surface area contributed by atoms with E-state index in [-0.39, 0.29) is 15.9 Å². The van der Waals surface area contributed by atoms with Gasteiger partial charge in [-0.25, -0.2) is 13.4 Å². The number of hydrogen-bond acceptors (Lipinski definition) is 9. The van der Waals surface area contributed by atoms with Crippen LogP contribution in [0.3, 0.4) is 0 Å². The van der Waals surface area contributed by atoms with Crippen molar-refractivity contribution in [3.05, 3.63) is 53.7 Å². The smallest absolute Gasteiger partial charge is 0.243 e. The van der Waals surface area contributed by atoms with Gasteiger partial charge in [0.2, 0.25) is 16.0 Å². The number of methoxy groups -OCH3 is 1. The quantitative estimate of drug-likeness (QED) is 0.401. The maximum absolute atomic E-state index is 13.0. The summed E-state index contributed by atoms with van der Waals surface area (Å²) in [6, 6.07) is 11.8. The number of sulfonamides is 1. The van der Waals surface area contributed by atoms with Crippen molar-refractivity contribution in [1.29, 1.82) is 0 Å². The molecule has 0 atom stereocenters. The average molecular weight is 552 g/mol. The Morgan fingerprint density at radius 2 is 1.81 bits per heavy atom. The molecule has 4 rings (SSSR count). The van der Waals surface area contributed by atoms with E-state index in [1.807, 2.05) is 12.1 Å². The van der Waals surface area contributed by atoms with Gasteiger partial charge >= 0.3 is 0 Å². The van der Waals surface area contributed by atoms with Gasteiger partial charge in [0.25, 0.3) is 0 Å². The van der Waals surface area contributed by atoms with Crippen molar-refractivity contribution < 1.29 is 22.5 Å². The van der Waals surface area contributed by atoms with Crippen LogP contribution < -0.4 is 20.7 Å². The second kappa shape index (κ2) is 10.7. The molecule has 1 fully saturated rings. The highest BCUT2D eigenvalue weighted by Gasteiger charge is 2.27. The van der Waals surface area contributed by atoms with Crippen LogP contribution in [0.1, 0.15) is 0 Å². The minimum atomic E-state index is -3.68. The summed E-state index contributed by atoms with van der Waals surface area (Å²) in [6.07, 6.45) is 1.43. The molecule has 0 amide bonds. The second-order valence-electron chi connectivity index (χ2n) is 8.39. The lowest BCUT2D eigenvalue weighted by molar-refractivity contribution is 0.0730. The van der Waals surface area contributed by atoms with Gasteiger partial charge in [0.15, 0.2) is 5.82 Å². The number of halogens is 1. The highest BCUT2D eigenvalue weighted by molar-refractivity contribution is 7.89. The summed E-state index contributed by atoms with van der Waals surface area (Å²) >= 11 is 6.33. The lowest BCUT2D eigenvalue weighted by Gasteiger charge is -2.26. The molecule has 0 spiro atoms. The average Bonchev–Trinajstić information content (AvgIpc) is 2.86. The molecule has 2 heterocycles. The summed E-state index contributed by atoms with van der Waals surface area (Å²) in [6.45, 7) is 4.70. The zero-order chi connectivity index (χ0) is 25.9. The molecular formula is C23H27ClN5O5PS. The molecule has 1 aliphatic rings. The van der Waals surface area contributed by atoms with Crippen LogP contribution in [0.4, 0.5) is 23.1 Å². The van der Waals surface area contributed by atoms with E-state index in [2.05, 4.69) is 20.6 Å². The Balaban J connectivity index is 1.60. The number of nitrogens with one attached hydrogen (secondary N) is 2. The first-order valence-electron chi connectivity index (χ1n) is 11.1. The first kappa shape index (κ1) is 26.4. The summed E-state index contributed by atoms with van der Waals surface area (Å²) in [5.74, 6) is 0.832. The molecule has 1 saturated heterocycles. The van der Waals surface area contributed by atoms with Gasteiger partial charge in [0.1, 0.15) is 17.9 Å². The molecule has 13 heteroatoms. The van der Waals surface area contributed by atoms with Gasteiger partial charge in [-0.1, -0.05) is 23.7 Å². The Hall–Kier alpha value is -2.69. The van der Waals surface area contributed by atoms with E-state index in [1.54, 1.807) is 31.5 Å². The molecular weight excluding hydrogens is 525 g/mol. The molecule has 2 N–H and O–H groups in total. The molecule has 0 saturated carbocycles. The zero-order valence-electron chi connectivity index (χ0n) is 20.1. The molecule has 1 aromatic heterocycles. The van der Waals surface area contributed by atoms with E-state index in [0.29, 0.717) is 54.5 Å². The summed E-state index contributed by atoms with van der Waals surface area (Å²) in [7, 11) is -4.79. The first-order chi connectivity index (χ1) is 17.1. The largest absolute Gasteiger partial charge is 0.495 e. The fourth-order valence-corrected chi connectivity index (χ4v) is 6.40. The van der Waals surface area contributed by atoms with Crippen LogP contribution in [0.2, 0.25) is 5.02 Å². The molecule has 1 aliphatic heterocycles. The van der Waals surface area contributed by atoms with E-state index >= 15 is 0 Å². The molecule has 3 aromatic rings. The van der Waals surface area contributed by atoms with Gasteiger partial charge in [-0.2, -0.15) is 9.29 Å². The maximum Gasteiger partial charge on any atom is 0.243 e. The van der Waals surface area contributed by atoms with E-state index < -0.39 is 17.2 Å². The summed E-state index contributed by atoms with van der Waals surface area (Å²) < 4.78 is 50.8. The minimum Gasteiger partial charge on any atom is -0.495 e. The number of benzene rings is 2. The van der Waals surface area contributed by atoms with E-state index in [4.69, 9.17) is 21.1 Å². The van der Waals surface area contributed by atoms with Crippen LogP contribution in [-0.4, -0.2) is 69.4 Å². The standard InChI is InChI=1S/C23H27ClN5O5PS/c1-33-20-14-16(36(31,32)29-10-12-34-13-11-29)8-9-18(20)27-23-25-15-17(24)22(28-23)26-19-6-4-5-7-21(19)35(2,3)30/h4-9,14-15H,10-13H2,1-3H3,(H2,25,26,27,28). The van der Waals surface area contributed by atoms with Crippen LogP contribution in [0.5, 0.6) is 5.75 Å². The molecule has 0 radical (unpaired) electrons. The Morgan fingerprint density at radius 1 is 1.08 bits per heavy atom. The lowest BCUT2D eigenvalue weighted by Crippen LogP contribution is -2.40. The molecule has 192 valence electrons. The monoisotopic (exact) mass is 551 g/mol. The van der Waals surface area contributed by atoms with Gasteiger partial charge in [0.05, 0.1) is 42.8 Å². The zero-order valence-corrected chi connectivity index (χ0v) is 22.5. The van der Waals surface area contributed by atoms with Crippen LogP contribution in [0.25, 0.3) is 0 Å². The maximum atomic E-state index is 13.0. The number of para-hydroxylation sites is 1. The van der Waals surface area contributed by atoms with Crippen molar-refractivity contribution in [3.8, 4) is 5.75 Å². The van der Waals surface area contributed by atoms with Crippen molar-refractivity contribution in [1.82, 2.24) is 14.3 Å². The van der Waals surface area contributed by atoms with Gasteiger partial charge in [0, 0.05) is 24.5 Å². The van der Waals surface area contributed by atoms with E-state index in [0.717, 1.165) is 0 Å². The summed E-state index contributed by atoms with van der Waals surface area (Å²) in [5, 5.41) is 7.15. The SMILES string of the molecule is COc1cc(S(=O)(=O)N2CCOCC2)ccc1Nc1ncc(Cl)c(Nc2ccccc2P(C)(C)=O)n1. The molecule has 36 heavy (non-hydrogen) atoms. The summed E-state index contributed by atoms with van der Waals surface area (Å²) in [5.41, 5.74) is 1.10. The number of nitrogens with zero attached hydrogens (tertiary/aromatic N) is 3.